The molecule has 0 aromatic heterocycles. The van der Waals surface area contributed by atoms with Gasteiger partial charge in [0.25, 0.3) is 0 Å². The Morgan fingerprint density at radius 1 is 1.50 bits per heavy atom. The fourth-order valence-electron chi connectivity index (χ4n) is 3.03. The number of carbonyl (C=O) groups is 1. The summed E-state index contributed by atoms with van der Waals surface area (Å²) in [5.41, 5.74) is 0.642. The highest BCUT2D eigenvalue weighted by molar-refractivity contribution is 6.00. The quantitative estimate of drug-likeness (QED) is 0.758. The lowest BCUT2D eigenvalue weighted by molar-refractivity contribution is -0.127. The van der Waals surface area contributed by atoms with Crippen LogP contribution in [0.3, 0.4) is 0 Å². The standard InChI is InChI=1S/C17H26O5/c1-10(2)6-5-7-17(3,20)14-8-11-15(19)12(18)9-13(21-4)16(11)22-14/h6,12-14,18,20H,5,7-9H2,1-4H3/t12-,13+,14+,17+/m1/s1. The molecule has 0 fully saturated rings. The molecule has 2 rings (SSSR count). The van der Waals surface area contributed by atoms with Crippen molar-refractivity contribution in [2.75, 3.05) is 7.11 Å². The lowest BCUT2D eigenvalue weighted by atomic mass is 9.86. The summed E-state index contributed by atoms with van der Waals surface area (Å²) in [6, 6.07) is 0. The molecule has 1 aliphatic heterocycles. The minimum atomic E-state index is -1.04. The number of hydrogen-bond acceptors (Lipinski definition) is 5. The van der Waals surface area contributed by atoms with Crippen molar-refractivity contribution >= 4 is 5.78 Å². The van der Waals surface area contributed by atoms with Crippen molar-refractivity contribution in [3.8, 4) is 0 Å². The molecule has 0 amide bonds. The fraction of sp³-hybridized carbons (Fsp3) is 0.706. The van der Waals surface area contributed by atoms with E-state index in [2.05, 4.69) is 6.08 Å². The molecule has 0 saturated heterocycles. The molecule has 1 aliphatic carbocycles. The van der Waals surface area contributed by atoms with Crippen LogP contribution >= 0.6 is 0 Å². The highest BCUT2D eigenvalue weighted by atomic mass is 16.5. The van der Waals surface area contributed by atoms with Gasteiger partial charge in [0.05, 0.1) is 5.60 Å². The maximum atomic E-state index is 12.1. The molecule has 5 nitrogen and oxygen atoms in total. The van der Waals surface area contributed by atoms with Gasteiger partial charge in [0.15, 0.2) is 5.78 Å². The maximum Gasteiger partial charge on any atom is 0.190 e. The van der Waals surface area contributed by atoms with E-state index >= 15 is 0 Å². The number of ketones is 1. The predicted octanol–water partition coefficient (Wildman–Crippen LogP) is 1.88. The van der Waals surface area contributed by atoms with Gasteiger partial charge in [-0.05, 0) is 33.6 Å². The van der Waals surface area contributed by atoms with Crippen molar-refractivity contribution in [2.45, 2.75) is 70.4 Å². The molecular weight excluding hydrogens is 284 g/mol. The van der Waals surface area contributed by atoms with E-state index in [0.717, 1.165) is 6.42 Å². The molecule has 0 radical (unpaired) electrons. The minimum absolute atomic E-state index is 0.209. The van der Waals surface area contributed by atoms with Crippen LogP contribution in [0.2, 0.25) is 0 Å². The second kappa shape index (κ2) is 6.52. The van der Waals surface area contributed by atoms with Gasteiger partial charge in [-0.1, -0.05) is 11.6 Å². The van der Waals surface area contributed by atoms with Crippen molar-refractivity contribution < 1.29 is 24.5 Å². The predicted molar refractivity (Wildman–Crippen MR) is 82.2 cm³/mol. The number of aliphatic hydroxyl groups is 2. The van der Waals surface area contributed by atoms with Crippen LogP contribution in [-0.2, 0) is 14.3 Å². The van der Waals surface area contributed by atoms with Crippen LogP contribution in [0.15, 0.2) is 23.0 Å². The van der Waals surface area contributed by atoms with E-state index in [1.807, 2.05) is 13.8 Å². The highest BCUT2D eigenvalue weighted by Gasteiger charge is 2.47. The molecule has 0 aromatic rings. The van der Waals surface area contributed by atoms with E-state index in [1.165, 1.54) is 12.7 Å². The van der Waals surface area contributed by atoms with Gasteiger partial charge in [-0.3, -0.25) is 4.79 Å². The van der Waals surface area contributed by atoms with Gasteiger partial charge in [-0.25, -0.2) is 0 Å². The SMILES string of the molecule is CO[C@H]1C[C@@H](O)C(=O)C2=C1O[C@H]([C@@](C)(O)CCC=C(C)C)C2. The number of carbonyl (C=O) groups excluding carboxylic acids is 1. The average molecular weight is 310 g/mol. The zero-order valence-electron chi connectivity index (χ0n) is 13.8. The van der Waals surface area contributed by atoms with Crippen molar-refractivity contribution in [1.29, 1.82) is 0 Å². The minimum Gasteiger partial charge on any atom is -0.488 e. The van der Waals surface area contributed by atoms with E-state index in [0.29, 0.717) is 24.2 Å². The molecule has 22 heavy (non-hydrogen) atoms. The topological polar surface area (TPSA) is 76.0 Å². The Labute approximate surface area is 131 Å². The molecule has 4 atom stereocenters. The first kappa shape index (κ1) is 17.2. The monoisotopic (exact) mass is 310 g/mol. The van der Waals surface area contributed by atoms with Crippen LogP contribution in [0, 0.1) is 0 Å². The van der Waals surface area contributed by atoms with Crippen LogP contribution in [0.5, 0.6) is 0 Å². The van der Waals surface area contributed by atoms with Crippen molar-refractivity contribution in [3.63, 3.8) is 0 Å². The Morgan fingerprint density at radius 3 is 2.77 bits per heavy atom. The summed E-state index contributed by atoms with van der Waals surface area (Å²) in [6.07, 6.45) is 1.98. The van der Waals surface area contributed by atoms with E-state index in [-0.39, 0.29) is 12.2 Å². The van der Waals surface area contributed by atoms with Crippen molar-refractivity contribution in [1.82, 2.24) is 0 Å². The first-order chi connectivity index (χ1) is 10.3. The summed E-state index contributed by atoms with van der Waals surface area (Å²) < 4.78 is 11.2. The molecule has 2 N–H and O–H groups in total. The van der Waals surface area contributed by atoms with Crippen molar-refractivity contribution in [2.24, 2.45) is 0 Å². The van der Waals surface area contributed by atoms with Gasteiger partial charge in [-0.2, -0.15) is 0 Å². The van der Waals surface area contributed by atoms with Gasteiger partial charge in [0.1, 0.15) is 24.1 Å². The Morgan fingerprint density at radius 2 is 2.18 bits per heavy atom. The van der Waals surface area contributed by atoms with Crippen LogP contribution < -0.4 is 0 Å². The Kier molecular flexibility index (Phi) is 5.10. The van der Waals surface area contributed by atoms with Gasteiger partial charge in [0.2, 0.25) is 0 Å². The Balaban J connectivity index is 2.09. The van der Waals surface area contributed by atoms with Crippen LogP contribution in [0.4, 0.5) is 0 Å². The van der Waals surface area contributed by atoms with Crippen molar-refractivity contribution in [3.05, 3.63) is 23.0 Å². The number of ether oxygens (including phenoxy) is 2. The maximum absolute atomic E-state index is 12.1. The van der Waals surface area contributed by atoms with Gasteiger partial charge in [-0.15, -0.1) is 0 Å². The first-order valence-corrected chi connectivity index (χ1v) is 7.76. The molecule has 1 heterocycles. The molecule has 0 saturated carbocycles. The number of Topliss-reactive ketones (excluding diaryl/α,β-unsaturated/α-hetero) is 1. The molecule has 0 unspecified atom stereocenters. The first-order valence-electron chi connectivity index (χ1n) is 7.76. The zero-order chi connectivity index (χ0) is 16.5. The normalized spacial score (nSPS) is 30.6. The van der Waals surface area contributed by atoms with E-state index < -0.39 is 23.9 Å². The summed E-state index contributed by atoms with van der Waals surface area (Å²) in [7, 11) is 1.53. The number of allylic oxidation sites excluding steroid dienone is 2. The Bertz CT molecular complexity index is 499. The Hall–Kier alpha value is -1.17. The van der Waals surface area contributed by atoms with Gasteiger partial charge in [0, 0.05) is 25.5 Å². The molecular formula is C17H26O5. The van der Waals surface area contributed by atoms with Gasteiger partial charge >= 0.3 is 0 Å². The van der Waals surface area contributed by atoms with Gasteiger partial charge < -0.3 is 19.7 Å². The number of rotatable bonds is 5. The summed E-state index contributed by atoms with van der Waals surface area (Å²) in [6.45, 7) is 5.77. The summed E-state index contributed by atoms with van der Waals surface area (Å²) in [4.78, 5) is 12.1. The zero-order valence-corrected chi connectivity index (χ0v) is 13.8. The molecule has 0 spiro atoms. The second-order valence-corrected chi connectivity index (χ2v) is 6.67. The average Bonchev–Trinajstić information content (AvgIpc) is 2.88. The molecule has 2 aliphatic rings. The van der Waals surface area contributed by atoms with Crippen LogP contribution in [-0.4, -0.2) is 47.0 Å². The summed E-state index contributed by atoms with van der Waals surface area (Å²) in [5.74, 6) is 0.191. The largest absolute Gasteiger partial charge is 0.488 e. The van der Waals surface area contributed by atoms with E-state index in [4.69, 9.17) is 9.47 Å². The molecule has 0 bridgehead atoms. The molecule has 0 aromatic carbocycles. The van der Waals surface area contributed by atoms with E-state index in [9.17, 15) is 15.0 Å². The third-order valence-electron chi connectivity index (χ3n) is 4.47. The third kappa shape index (κ3) is 3.42. The summed E-state index contributed by atoms with van der Waals surface area (Å²) >= 11 is 0. The van der Waals surface area contributed by atoms with Crippen LogP contribution in [0.25, 0.3) is 0 Å². The lowest BCUT2D eigenvalue weighted by Crippen LogP contribution is -2.39. The molecule has 124 valence electrons. The smallest absolute Gasteiger partial charge is 0.190 e. The van der Waals surface area contributed by atoms with Crippen LogP contribution in [0.1, 0.15) is 46.5 Å². The number of aliphatic hydroxyl groups excluding tert-OH is 1. The highest BCUT2D eigenvalue weighted by Crippen LogP contribution is 2.40. The molecule has 5 heteroatoms. The lowest BCUT2D eigenvalue weighted by Gasteiger charge is -2.31. The second-order valence-electron chi connectivity index (χ2n) is 6.67. The van der Waals surface area contributed by atoms with E-state index in [1.54, 1.807) is 6.92 Å². The third-order valence-corrected chi connectivity index (χ3v) is 4.47. The fourth-order valence-corrected chi connectivity index (χ4v) is 3.03. The number of methoxy groups -OCH3 is 1. The number of hydrogen-bond donors (Lipinski definition) is 2. The summed E-state index contributed by atoms with van der Waals surface area (Å²) in [5, 5.41) is 20.5.